The molecule has 4 heteroatoms. The summed E-state index contributed by atoms with van der Waals surface area (Å²) >= 11 is 1.95. The Morgan fingerprint density at radius 3 is 2.03 bits per heavy atom. The van der Waals surface area contributed by atoms with Crippen molar-refractivity contribution in [3.05, 3.63) is 225 Å². The van der Waals surface area contributed by atoms with Gasteiger partial charge in [-0.25, -0.2) is 0 Å². The molecule has 0 saturated heterocycles. The highest BCUT2D eigenvalue weighted by atomic mass is 32.1. The largest absolute Gasteiger partial charge is 0.449 e. The molecule has 282 valence electrons. The van der Waals surface area contributed by atoms with Crippen LogP contribution >= 0.6 is 11.3 Å². The maximum Gasteiger partial charge on any atom is 0.178 e. The maximum absolute atomic E-state index is 6.99. The predicted molar refractivity (Wildman–Crippen MR) is 242 cm³/mol. The molecule has 0 fully saturated rings. The van der Waals surface area contributed by atoms with Crippen LogP contribution < -0.4 is 24.1 Å². The zero-order valence-corrected chi connectivity index (χ0v) is 33.2. The van der Waals surface area contributed by atoms with Crippen LogP contribution in [0.2, 0.25) is 0 Å². The average Bonchev–Trinajstić information content (AvgIpc) is 3.84. The van der Waals surface area contributed by atoms with Crippen LogP contribution in [0, 0.1) is 0 Å². The van der Waals surface area contributed by atoms with Crippen LogP contribution in [-0.4, -0.2) is 0 Å². The normalized spacial score (nSPS) is 15.6. The van der Waals surface area contributed by atoms with E-state index in [1.54, 1.807) is 0 Å². The first-order valence-electron chi connectivity index (χ1n) is 20.6. The van der Waals surface area contributed by atoms with E-state index in [0.717, 1.165) is 59.7 Å². The van der Waals surface area contributed by atoms with E-state index >= 15 is 0 Å². The number of nitrogens with zero attached hydrogens (tertiary/aromatic N) is 1. The molecular weight excluding hydrogens is 739 g/mol. The van der Waals surface area contributed by atoms with Gasteiger partial charge in [0, 0.05) is 37.9 Å². The summed E-state index contributed by atoms with van der Waals surface area (Å²) in [4.78, 5) is 2.38. The highest BCUT2D eigenvalue weighted by Gasteiger charge is 2.48. The van der Waals surface area contributed by atoms with Gasteiger partial charge in [-0.05, 0) is 118 Å². The standard InChI is InChI=1S/C55H39NO2S/c1-4-15-37(16-5-1)55(38-17-6-2-7-18-38)46-25-12-10-22-45(46)52-47(55)32-34-49-53(52)58-48-33-31-41(35-50(48)57-49)56(39-19-8-3-9-20-39)40-29-27-36(28-30-40)42-23-14-24-44-43-21-11-13-26-51(43)59-54(42)44/h1-13,15-22,24-27,29,31-35H,14,23,28,30H2. The van der Waals surface area contributed by atoms with E-state index in [4.69, 9.17) is 9.47 Å². The third kappa shape index (κ3) is 5.26. The second-order valence-electron chi connectivity index (χ2n) is 15.8. The molecule has 1 aromatic heterocycles. The Hall–Kier alpha value is -6.88. The first-order chi connectivity index (χ1) is 29.3. The lowest BCUT2D eigenvalue weighted by Gasteiger charge is -2.34. The van der Waals surface area contributed by atoms with Crippen LogP contribution in [0.25, 0.3) is 32.9 Å². The number of fused-ring (bicyclic) bond motifs is 9. The lowest BCUT2D eigenvalue weighted by Crippen LogP contribution is -2.28. The predicted octanol–water partition coefficient (Wildman–Crippen LogP) is 13.3. The van der Waals surface area contributed by atoms with Gasteiger partial charge >= 0.3 is 0 Å². The molecule has 0 unspecified atom stereocenters. The fourth-order valence-electron chi connectivity index (χ4n) is 10.1. The Balaban J connectivity index is 0.943. The Labute approximate surface area is 347 Å². The first kappa shape index (κ1) is 34.2. The smallest absolute Gasteiger partial charge is 0.178 e. The number of para-hydroxylation sites is 1. The van der Waals surface area contributed by atoms with E-state index in [-0.39, 0.29) is 0 Å². The summed E-state index contributed by atoms with van der Waals surface area (Å²) in [6, 6.07) is 60.8. The Bertz CT molecular complexity index is 3120. The number of rotatable bonds is 6. The fraction of sp³-hybridized carbons (Fsp3) is 0.0909. The van der Waals surface area contributed by atoms with E-state index in [9.17, 15) is 0 Å². The van der Waals surface area contributed by atoms with Crippen molar-refractivity contribution in [2.24, 2.45) is 0 Å². The average molecular weight is 778 g/mol. The lowest BCUT2D eigenvalue weighted by molar-refractivity contribution is 0.360. The van der Waals surface area contributed by atoms with Crippen molar-refractivity contribution in [1.82, 2.24) is 0 Å². The molecule has 12 rings (SSSR count). The quantitative estimate of drug-likeness (QED) is 0.168. The van der Waals surface area contributed by atoms with Crippen molar-refractivity contribution >= 4 is 44.4 Å². The summed E-state index contributed by atoms with van der Waals surface area (Å²) in [5.41, 5.74) is 13.0. The van der Waals surface area contributed by atoms with Gasteiger partial charge in [0.05, 0.1) is 5.41 Å². The number of thiophene rings is 1. The van der Waals surface area contributed by atoms with Crippen LogP contribution in [0.3, 0.4) is 0 Å². The van der Waals surface area contributed by atoms with Crippen molar-refractivity contribution in [1.29, 1.82) is 0 Å². The summed E-state index contributed by atoms with van der Waals surface area (Å²) in [6.45, 7) is 0. The SMILES string of the molecule is C1=C(C2=c3sc4ccccc4c3=CCC2)CCC(N(c2ccccc2)c2ccc3c(c2)Oc2ccc4c(c2O3)-c2ccccc2C4(c2ccccc2)c2ccccc2)=C1. The molecule has 0 spiro atoms. The lowest BCUT2D eigenvalue weighted by atomic mass is 9.68. The van der Waals surface area contributed by atoms with E-state index in [2.05, 4.69) is 193 Å². The van der Waals surface area contributed by atoms with Gasteiger partial charge in [0.15, 0.2) is 23.0 Å². The zero-order valence-electron chi connectivity index (χ0n) is 32.4. The molecule has 0 bridgehead atoms. The molecule has 0 saturated carbocycles. The monoisotopic (exact) mass is 777 g/mol. The van der Waals surface area contributed by atoms with E-state index in [1.807, 2.05) is 11.3 Å². The molecule has 8 aromatic rings. The fourth-order valence-corrected chi connectivity index (χ4v) is 11.4. The number of hydrogen-bond donors (Lipinski definition) is 0. The van der Waals surface area contributed by atoms with Crippen LogP contribution in [0.15, 0.2) is 193 Å². The molecule has 1 aliphatic heterocycles. The van der Waals surface area contributed by atoms with Gasteiger partial charge in [0.25, 0.3) is 0 Å². The molecule has 0 N–H and O–H groups in total. The van der Waals surface area contributed by atoms with Crippen LogP contribution in [-0.2, 0) is 5.41 Å². The molecule has 4 aliphatic rings. The van der Waals surface area contributed by atoms with Gasteiger partial charge in [-0.2, -0.15) is 0 Å². The topological polar surface area (TPSA) is 21.7 Å². The van der Waals surface area contributed by atoms with Crippen LogP contribution in [0.4, 0.5) is 11.4 Å². The molecule has 2 heterocycles. The van der Waals surface area contributed by atoms with Gasteiger partial charge in [-0.15, -0.1) is 11.3 Å². The van der Waals surface area contributed by atoms with Crippen molar-refractivity contribution < 1.29 is 9.47 Å². The summed E-state index contributed by atoms with van der Waals surface area (Å²) in [5, 5.41) is 2.81. The minimum Gasteiger partial charge on any atom is -0.449 e. The minimum absolute atomic E-state index is 0.511. The Morgan fingerprint density at radius 1 is 0.542 bits per heavy atom. The highest BCUT2D eigenvalue weighted by Crippen LogP contribution is 2.62. The van der Waals surface area contributed by atoms with Crippen molar-refractivity contribution in [2.45, 2.75) is 31.1 Å². The molecule has 3 nitrogen and oxygen atoms in total. The highest BCUT2D eigenvalue weighted by molar-refractivity contribution is 7.17. The second kappa shape index (κ2) is 13.6. The third-order valence-corrected chi connectivity index (χ3v) is 13.9. The Morgan fingerprint density at radius 2 is 1.25 bits per heavy atom. The van der Waals surface area contributed by atoms with Crippen LogP contribution in [0.5, 0.6) is 23.0 Å². The van der Waals surface area contributed by atoms with Gasteiger partial charge in [0.1, 0.15) is 0 Å². The van der Waals surface area contributed by atoms with E-state index in [1.165, 1.54) is 58.9 Å². The summed E-state index contributed by atoms with van der Waals surface area (Å²) < 4.78 is 16.7. The molecule has 7 aromatic carbocycles. The minimum atomic E-state index is -0.511. The van der Waals surface area contributed by atoms with Crippen molar-refractivity contribution in [3.63, 3.8) is 0 Å². The maximum atomic E-state index is 6.99. The number of ether oxygens (including phenoxy) is 2. The van der Waals surface area contributed by atoms with Gasteiger partial charge in [-0.3, -0.25) is 0 Å². The molecule has 0 atom stereocenters. The van der Waals surface area contributed by atoms with Gasteiger partial charge in [-0.1, -0.05) is 140 Å². The summed E-state index contributed by atoms with van der Waals surface area (Å²) in [7, 11) is 0. The summed E-state index contributed by atoms with van der Waals surface area (Å²) in [6.07, 6.45) is 11.3. The number of allylic oxidation sites excluding steroid dienone is 4. The molecule has 59 heavy (non-hydrogen) atoms. The number of anilines is 2. The molecule has 0 amide bonds. The Kier molecular flexibility index (Phi) is 7.89. The first-order valence-corrected chi connectivity index (χ1v) is 21.4. The van der Waals surface area contributed by atoms with Gasteiger partial charge < -0.3 is 14.4 Å². The van der Waals surface area contributed by atoms with Crippen molar-refractivity contribution in [2.75, 3.05) is 4.90 Å². The third-order valence-electron chi connectivity index (χ3n) is 12.6. The van der Waals surface area contributed by atoms with E-state index in [0.29, 0.717) is 11.5 Å². The number of hydrogen-bond acceptors (Lipinski definition) is 4. The second-order valence-corrected chi connectivity index (χ2v) is 16.8. The molecule has 3 aliphatic carbocycles. The van der Waals surface area contributed by atoms with Crippen molar-refractivity contribution in [3.8, 4) is 34.1 Å². The zero-order chi connectivity index (χ0) is 38.9. The van der Waals surface area contributed by atoms with E-state index < -0.39 is 5.41 Å². The molecule has 0 radical (unpaired) electrons. The number of benzene rings is 7. The van der Waals surface area contributed by atoms with Gasteiger partial charge in [0.2, 0.25) is 0 Å². The van der Waals surface area contributed by atoms with Crippen LogP contribution in [0.1, 0.15) is 47.9 Å². The molecular formula is C55H39NO2S. The summed E-state index contributed by atoms with van der Waals surface area (Å²) in [5.74, 6) is 2.90.